The smallest absolute Gasteiger partial charge is 0.324 e. The normalized spacial score (nSPS) is 11.5. The van der Waals surface area contributed by atoms with Crippen LogP contribution in [-0.2, 0) is 21.4 Å². The van der Waals surface area contributed by atoms with E-state index in [-0.39, 0.29) is 33.1 Å². The highest BCUT2D eigenvalue weighted by molar-refractivity contribution is 7.92. The van der Waals surface area contributed by atoms with E-state index in [1.54, 1.807) is 30.5 Å². The molecule has 0 radical (unpaired) electrons. The molecule has 1 aromatic heterocycles. The van der Waals surface area contributed by atoms with E-state index in [0.29, 0.717) is 22.2 Å². The highest BCUT2D eigenvalue weighted by atomic mass is 35.5. The molecule has 0 aliphatic rings. The van der Waals surface area contributed by atoms with E-state index in [1.165, 1.54) is 30.3 Å². The number of halogens is 2. The van der Waals surface area contributed by atoms with Gasteiger partial charge in [-0.15, -0.1) is 0 Å². The summed E-state index contributed by atoms with van der Waals surface area (Å²) >= 11 is 12.0. The Hall–Kier alpha value is -3.90. The summed E-state index contributed by atoms with van der Waals surface area (Å²) in [6, 6.07) is 17.1. The maximum Gasteiger partial charge on any atom is 0.324 e. The maximum absolute atomic E-state index is 13.5. The number of likely N-dealkylation sites (N-methyl/N-ethyl adjacent to an activating group) is 1. The number of pyridine rings is 1. The van der Waals surface area contributed by atoms with Crippen molar-refractivity contribution in [1.82, 2.24) is 15.2 Å². The van der Waals surface area contributed by atoms with Gasteiger partial charge in [0, 0.05) is 41.4 Å². The van der Waals surface area contributed by atoms with Crippen LogP contribution in [0.3, 0.4) is 0 Å². The fraction of sp³-hybridized carbons (Fsp3) is 0.207. The fourth-order valence-electron chi connectivity index (χ4n) is 4.23. The number of aliphatic carboxylic acids is 1. The van der Waals surface area contributed by atoms with Crippen LogP contribution in [0.1, 0.15) is 15.9 Å². The van der Waals surface area contributed by atoms with Crippen molar-refractivity contribution >= 4 is 67.4 Å². The molecule has 0 fully saturated rings. The molecular formula is C29H29Cl2N5O5S. The standard InChI is InChI=1S/C29H29Cl2N5O5S/c1-35(2)11-10-33-27-12-19(8-9-32-27)17-34-29(39)26-5-3-4-20-13-23(6-7-25(20)26)36(18-28(37)38)42(40,41)24-15-21(30)14-22(31)16-24/h3-9,12-16H,10-11,17-18H2,1-2H3,(H,32,33)(H,34,39)(H,37,38). The number of amides is 1. The molecule has 4 rings (SSSR count). The summed E-state index contributed by atoms with van der Waals surface area (Å²) in [5.41, 5.74) is 1.35. The van der Waals surface area contributed by atoms with Crippen molar-refractivity contribution in [2.24, 2.45) is 0 Å². The average molecular weight is 631 g/mol. The third-order valence-electron chi connectivity index (χ3n) is 6.24. The lowest BCUT2D eigenvalue weighted by Gasteiger charge is -2.23. The van der Waals surface area contributed by atoms with Crippen molar-refractivity contribution in [2.45, 2.75) is 11.4 Å². The van der Waals surface area contributed by atoms with Gasteiger partial charge >= 0.3 is 5.97 Å². The lowest BCUT2D eigenvalue weighted by molar-refractivity contribution is -0.135. The molecule has 42 heavy (non-hydrogen) atoms. The molecule has 0 atom stereocenters. The molecule has 4 aromatic rings. The second-order valence-corrected chi connectivity index (χ2v) is 12.4. The van der Waals surface area contributed by atoms with Crippen molar-refractivity contribution in [3.63, 3.8) is 0 Å². The van der Waals surface area contributed by atoms with Crippen LogP contribution in [0.4, 0.5) is 11.5 Å². The van der Waals surface area contributed by atoms with Crippen LogP contribution in [-0.4, -0.2) is 69.0 Å². The van der Waals surface area contributed by atoms with E-state index in [9.17, 15) is 23.1 Å². The van der Waals surface area contributed by atoms with Gasteiger partial charge in [0.1, 0.15) is 12.4 Å². The van der Waals surface area contributed by atoms with E-state index in [0.717, 1.165) is 23.0 Å². The maximum atomic E-state index is 13.5. The number of carboxylic acid groups (broad SMARTS) is 1. The zero-order chi connectivity index (χ0) is 30.4. The van der Waals surface area contributed by atoms with Gasteiger partial charge in [-0.3, -0.25) is 13.9 Å². The van der Waals surface area contributed by atoms with Gasteiger partial charge in [-0.05, 0) is 79.0 Å². The van der Waals surface area contributed by atoms with Gasteiger partial charge < -0.3 is 20.6 Å². The monoisotopic (exact) mass is 629 g/mol. The Morgan fingerprint density at radius 3 is 2.40 bits per heavy atom. The zero-order valence-electron chi connectivity index (χ0n) is 22.8. The SMILES string of the molecule is CN(C)CCNc1cc(CNC(=O)c2cccc3cc(N(CC(=O)O)S(=O)(=O)c4cc(Cl)cc(Cl)c4)ccc23)ccn1. The quantitative estimate of drug-likeness (QED) is 0.205. The van der Waals surface area contributed by atoms with Crippen LogP contribution in [0, 0.1) is 0 Å². The van der Waals surface area contributed by atoms with Crippen LogP contribution < -0.4 is 14.9 Å². The molecule has 220 valence electrons. The first-order valence-electron chi connectivity index (χ1n) is 12.8. The first kappa shape index (κ1) is 31.0. The first-order chi connectivity index (χ1) is 19.9. The Bertz CT molecular complexity index is 1710. The summed E-state index contributed by atoms with van der Waals surface area (Å²) in [5.74, 6) is -0.967. The number of hydrogen-bond donors (Lipinski definition) is 3. The Kier molecular flexibility index (Phi) is 9.89. The number of rotatable bonds is 12. The zero-order valence-corrected chi connectivity index (χ0v) is 25.2. The van der Waals surface area contributed by atoms with Crippen LogP contribution in [0.25, 0.3) is 10.8 Å². The van der Waals surface area contributed by atoms with E-state index < -0.39 is 22.5 Å². The largest absolute Gasteiger partial charge is 0.480 e. The number of hydrogen-bond acceptors (Lipinski definition) is 7. The molecule has 0 aliphatic carbocycles. The molecule has 0 aliphatic heterocycles. The molecule has 3 aromatic carbocycles. The van der Waals surface area contributed by atoms with E-state index >= 15 is 0 Å². The lowest BCUT2D eigenvalue weighted by Crippen LogP contribution is -2.35. The van der Waals surface area contributed by atoms with Gasteiger partial charge in [0.15, 0.2) is 0 Å². The number of sulfonamides is 1. The summed E-state index contributed by atoms with van der Waals surface area (Å²) in [5, 5.41) is 17.0. The topological polar surface area (TPSA) is 132 Å². The summed E-state index contributed by atoms with van der Waals surface area (Å²) in [7, 11) is -0.377. The minimum Gasteiger partial charge on any atom is -0.480 e. The summed E-state index contributed by atoms with van der Waals surface area (Å²) in [6.45, 7) is 1.01. The molecule has 3 N–H and O–H groups in total. The second-order valence-electron chi connectivity index (χ2n) is 9.68. The molecular weight excluding hydrogens is 601 g/mol. The van der Waals surface area contributed by atoms with Gasteiger partial charge in [0.05, 0.1) is 10.6 Å². The Balaban J connectivity index is 1.58. The van der Waals surface area contributed by atoms with Crippen molar-refractivity contribution in [2.75, 3.05) is 43.4 Å². The average Bonchev–Trinajstić information content (AvgIpc) is 2.93. The molecule has 0 saturated heterocycles. The highest BCUT2D eigenvalue weighted by Gasteiger charge is 2.28. The molecule has 13 heteroatoms. The number of carbonyl (C=O) groups excluding carboxylic acids is 1. The number of nitrogens with one attached hydrogen (secondary N) is 2. The summed E-state index contributed by atoms with van der Waals surface area (Å²) in [6.07, 6.45) is 1.67. The van der Waals surface area contributed by atoms with Crippen LogP contribution in [0.5, 0.6) is 0 Å². The Morgan fingerprint density at radius 1 is 0.976 bits per heavy atom. The van der Waals surface area contributed by atoms with Gasteiger partial charge in [-0.1, -0.05) is 41.4 Å². The molecule has 1 amide bonds. The minimum atomic E-state index is -4.35. The molecule has 10 nitrogen and oxygen atoms in total. The van der Waals surface area contributed by atoms with E-state index in [2.05, 4.69) is 20.5 Å². The molecule has 0 saturated carbocycles. The minimum absolute atomic E-state index is 0.0918. The van der Waals surface area contributed by atoms with Gasteiger partial charge in [-0.2, -0.15) is 0 Å². The van der Waals surface area contributed by atoms with E-state index in [4.69, 9.17) is 23.2 Å². The van der Waals surface area contributed by atoms with Crippen LogP contribution in [0.2, 0.25) is 10.0 Å². The number of carboxylic acids is 1. The predicted molar refractivity (Wildman–Crippen MR) is 165 cm³/mol. The number of anilines is 2. The van der Waals surface area contributed by atoms with Crippen molar-refractivity contribution in [3.8, 4) is 0 Å². The number of fused-ring (bicyclic) bond motifs is 1. The summed E-state index contributed by atoms with van der Waals surface area (Å²) in [4.78, 5) is 31.0. The van der Waals surface area contributed by atoms with Crippen LogP contribution >= 0.6 is 23.2 Å². The molecule has 0 unspecified atom stereocenters. The van der Waals surface area contributed by atoms with E-state index in [1.807, 2.05) is 26.2 Å². The fourth-order valence-corrected chi connectivity index (χ4v) is 6.37. The molecule has 1 heterocycles. The number of aromatic nitrogens is 1. The Morgan fingerprint density at radius 2 is 1.71 bits per heavy atom. The van der Waals surface area contributed by atoms with Crippen molar-refractivity contribution in [1.29, 1.82) is 0 Å². The predicted octanol–water partition coefficient (Wildman–Crippen LogP) is 4.73. The molecule has 0 bridgehead atoms. The van der Waals surface area contributed by atoms with Crippen molar-refractivity contribution in [3.05, 3.63) is 94.1 Å². The summed E-state index contributed by atoms with van der Waals surface area (Å²) < 4.78 is 27.7. The number of benzene rings is 3. The lowest BCUT2D eigenvalue weighted by atomic mass is 10.0. The molecule has 0 spiro atoms. The third kappa shape index (κ3) is 7.68. The first-order valence-corrected chi connectivity index (χ1v) is 15.0. The Labute approximate surface area is 253 Å². The van der Waals surface area contributed by atoms with Gasteiger partial charge in [-0.25, -0.2) is 13.4 Å². The van der Waals surface area contributed by atoms with Crippen LogP contribution in [0.15, 0.2) is 77.8 Å². The number of nitrogens with zero attached hydrogens (tertiary/aromatic N) is 3. The third-order valence-corrected chi connectivity index (χ3v) is 8.43. The van der Waals surface area contributed by atoms with Gasteiger partial charge in [0.2, 0.25) is 0 Å². The number of carbonyl (C=O) groups is 2. The highest BCUT2D eigenvalue weighted by Crippen LogP contribution is 2.31. The second kappa shape index (κ2) is 13.4. The van der Waals surface area contributed by atoms with Gasteiger partial charge in [0.25, 0.3) is 15.9 Å². The van der Waals surface area contributed by atoms with Crippen molar-refractivity contribution < 1.29 is 23.1 Å².